The zero-order valence-corrected chi connectivity index (χ0v) is 15.3. The Hall–Kier alpha value is -2.94. The minimum atomic E-state index is -4.65. The van der Waals surface area contributed by atoms with E-state index in [4.69, 9.17) is 0 Å². The van der Waals surface area contributed by atoms with Gasteiger partial charge in [-0.2, -0.15) is 13.2 Å². The van der Waals surface area contributed by atoms with Crippen LogP contribution in [0.25, 0.3) is 21.8 Å². The molecule has 9 heteroatoms. The monoisotopic (exact) mass is 402 g/mol. The fraction of sp³-hybridized carbons (Fsp3) is 0.158. The maximum atomic E-state index is 13.2. The number of alkyl halides is 3. The normalized spacial score (nSPS) is 13.1. The number of rotatable bonds is 3. The first kappa shape index (κ1) is 18.4. The van der Waals surface area contributed by atoms with E-state index in [0.717, 1.165) is 11.8 Å². The van der Waals surface area contributed by atoms with Gasteiger partial charge in [0.15, 0.2) is 0 Å². The van der Waals surface area contributed by atoms with Gasteiger partial charge in [-0.05, 0) is 25.1 Å². The lowest BCUT2D eigenvalue weighted by molar-refractivity contribution is -0.145. The molecular weight excluding hydrogens is 389 g/mol. The van der Waals surface area contributed by atoms with E-state index in [9.17, 15) is 18.0 Å². The van der Waals surface area contributed by atoms with Crippen molar-refractivity contribution in [3.05, 3.63) is 70.5 Å². The summed E-state index contributed by atoms with van der Waals surface area (Å²) < 4.78 is 39.6. The fourth-order valence-electron chi connectivity index (χ4n) is 2.78. The molecule has 0 aliphatic heterocycles. The first-order chi connectivity index (χ1) is 13.3. The summed E-state index contributed by atoms with van der Waals surface area (Å²) in [4.78, 5) is 26.8. The number of hydrogen-bond acceptors (Lipinski definition) is 5. The molecule has 0 saturated heterocycles. The summed E-state index contributed by atoms with van der Waals surface area (Å²) in [5.74, 6) is -0.828. The van der Waals surface area contributed by atoms with E-state index < -0.39 is 17.3 Å². The molecule has 0 aliphatic carbocycles. The standard InChI is InChI=1S/C19H13F3N4OS/c1-10(15-23-13-8-4-2-6-11(13)16(27)25-15)28-17-12-7-3-5-9-14(12)24-18(26-17)19(20,21)22/h2-10H,1H3,(H,23,25,27)/t10-/m0/s1. The zero-order valence-electron chi connectivity index (χ0n) is 14.5. The third-order valence-electron chi connectivity index (χ3n) is 4.13. The van der Waals surface area contributed by atoms with E-state index in [1.165, 1.54) is 6.07 Å². The van der Waals surface area contributed by atoms with Crippen LogP contribution < -0.4 is 5.56 Å². The Balaban J connectivity index is 1.78. The molecule has 2 aromatic carbocycles. The van der Waals surface area contributed by atoms with Gasteiger partial charge in [0.2, 0.25) is 5.82 Å². The van der Waals surface area contributed by atoms with Gasteiger partial charge in [-0.15, -0.1) is 0 Å². The van der Waals surface area contributed by atoms with Crippen molar-refractivity contribution < 1.29 is 13.2 Å². The second-order valence-corrected chi connectivity index (χ2v) is 7.43. The SMILES string of the molecule is C[C@H](Sc1nc(C(F)(F)F)nc2ccccc12)c1nc2ccccc2c(=O)[nH]1. The third kappa shape index (κ3) is 3.45. The highest BCUT2D eigenvalue weighted by Crippen LogP contribution is 2.37. The first-order valence-electron chi connectivity index (χ1n) is 8.32. The smallest absolute Gasteiger partial charge is 0.309 e. The van der Waals surface area contributed by atoms with Crippen LogP contribution in [0.4, 0.5) is 13.2 Å². The van der Waals surface area contributed by atoms with Gasteiger partial charge in [-0.3, -0.25) is 4.79 Å². The molecule has 2 heterocycles. The number of thioether (sulfide) groups is 1. The third-order valence-corrected chi connectivity index (χ3v) is 5.24. The average Bonchev–Trinajstić information content (AvgIpc) is 2.67. The van der Waals surface area contributed by atoms with Crippen LogP contribution in [0.2, 0.25) is 0 Å². The van der Waals surface area contributed by atoms with Crippen molar-refractivity contribution in [1.82, 2.24) is 19.9 Å². The number of aromatic nitrogens is 4. The number of benzene rings is 2. The molecule has 4 aromatic rings. The fourth-order valence-corrected chi connectivity index (χ4v) is 3.78. The van der Waals surface area contributed by atoms with Crippen molar-refractivity contribution in [2.75, 3.05) is 0 Å². The van der Waals surface area contributed by atoms with Crippen LogP contribution in [0, 0.1) is 0 Å². The van der Waals surface area contributed by atoms with Crippen molar-refractivity contribution >= 4 is 33.6 Å². The second kappa shape index (κ2) is 6.90. The number of hydrogen-bond donors (Lipinski definition) is 1. The van der Waals surface area contributed by atoms with Crippen molar-refractivity contribution in [2.45, 2.75) is 23.4 Å². The Bertz CT molecular complexity index is 1240. The highest BCUT2D eigenvalue weighted by Gasteiger charge is 2.35. The summed E-state index contributed by atoms with van der Waals surface area (Å²) in [6, 6.07) is 13.4. The molecule has 5 nitrogen and oxygen atoms in total. The van der Waals surface area contributed by atoms with Crippen LogP contribution in [0.15, 0.2) is 58.4 Å². The van der Waals surface area contributed by atoms with Crippen LogP contribution in [-0.2, 0) is 6.18 Å². The molecule has 0 unspecified atom stereocenters. The minimum absolute atomic E-state index is 0.182. The minimum Gasteiger partial charge on any atom is -0.309 e. The molecule has 0 saturated carbocycles. The summed E-state index contributed by atoms with van der Waals surface area (Å²) in [7, 11) is 0. The van der Waals surface area contributed by atoms with Gasteiger partial charge in [0.1, 0.15) is 10.9 Å². The van der Waals surface area contributed by atoms with Gasteiger partial charge in [0.05, 0.1) is 21.7 Å². The number of nitrogens with one attached hydrogen (secondary N) is 1. The van der Waals surface area contributed by atoms with Gasteiger partial charge >= 0.3 is 6.18 Å². The highest BCUT2D eigenvalue weighted by atomic mass is 32.2. The lowest BCUT2D eigenvalue weighted by Gasteiger charge is -2.14. The highest BCUT2D eigenvalue weighted by molar-refractivity contribution is 7.99. The van der Waals surface area contributed by atoms with Gasteiger partial charge in [-0.1, -0.05) is 42.1 Å². The van der Waals surface area contributed by atoms with Crippen molar-refractivity contribution in [3.63, 3.8) is 0 Å². The molecule has 142 valence electrons. The van der Waals surface area contributed by atoms with Crippen LogP contribution in [0.3, 0.4) is 0 Å². The largest absolute Gasteiger partial charge is 0.451 e. The van der Waals surface area contributed by atoms with E-state index in [1.54, 1.807) is 49.4 Å². The van der Waals surface area contributed by atoms with Crippen molar-refractivity contribution in [2.24, 2.45) is 0 Å². The van der Waals surface area contributed by atoms with Crippen LogP contribution >= 0.6 is 11.8 Å². The van der Waals surface area contributed by atoms with Crippen LogP contribution in [-0.4, -0.2) is 19.9 Å². The van der Waals surface area contributed by atoms with E-state index >= 15 is 0 Å². The first-order valence-corrected chi connectivity index (χ1v) is 9.20. The summed E-state index contributed by atoms with van der Waals surface area (Å²) in [5, 5.41) is 0.712. The molecular formula is C19H13F3N4OS. The number of para-hydroxylation sites is 2. The maximum Gasteiger partial charge on any atom is 0.451 e. The van der Waals surface area contributed by atoms with Gasteiger partial charge in [0, 0.05) is 5.39 Å². The summed E-state index contributed by atoms with van der Waals surface area (Å²) in [5.41, 5.74) is 0.438. The molecule has 1 N–H and O–H groups in total. The molecule has 0 spiro atoms. The van der Waals surface area contributed by atoms with Crippen LogP contribution in [0.5, 0.6) is 0 Å². The van der Waals surface area contributed by atoms with Crippen molar-refractivity contribution in [3.8, 4) is 0 Å². The summed E-state index contributed by atoms with van der Waals surface area (Å²) >= 11 is 1.09. The Kier molecular flexibility index (Phi) is 4.54. The number of halogens is 3. The topological polar surface area (TPSA) is 71.5 Å². The maximum absolute atomic E-state index is 13.2. The van der Waals surface area contributed by atoms with E-state index in [2.05, 4.69) is 19.9 Å². The van der Waals surface area contributed by atoms with Crippen LogP contribution in [0.1, 0.15) is 23.8 Å². The van der Waals surface area contributed by atoms with Gasteiger partial charge in [-0.25, -0.2) is 15.0 Å². The van der Waals surface area contributed by atoms with E-state index in [0.29, 0.717) is 22.1 Å². The molecule has 4 rings (SSSR count). The number of aromatic amines is 1. The molecule has 28 heavy (non-hydrogen) atoms. The quantitative estimate of drug-likeness (QED) is 0.396. The molecule has 0 fully saturated rings. The molecule has 0 bridgehead atoms. The van der Waals surface area contributed by atoms with Gasteiger partial charge in [0.25, 0.3) is 5.56 Å². The number of nitrogens with zero attached hydrogens (tertiary/aromatic N) is 3. The van der Waals surface area contributed by atoms with Crippen molar-refractivity contribution in [1.29, 1.82) is 0 Å². The Labute approximate surface area is 161 Å². The molecule has 0 radical (unpaired) electrons. The lowest BCUT2D eigenvalue weighted by atomic mass is 10.2. The Morgan fingerprint density at radius 2 is 1.54 bits per heavy atom. The lowest BCUT2D eigenvalue weighted by Crippen LogP contribution is -2.14. The van der Waals surface area contributed by atoms with E-state index in [-0.39, 0.29) is 16.1 Å². The average molecular weight is 402 g/mol. The Morgan fingerprint density at radius 3 is 2.21 bits per heavy atom. The predicted molar refractivity (Wildman–Crippen MR) is 101 cm³/mol. The summed E-state index contributed by atoms with van der Waals surface area (Å²) in [6.07, 6.45) is -4.65. The van der Waals surface area contributed by atoms with Gasteiger partial charge < -0.3 is 4.98 Å². The number of H-pyrrole nitrogens is 1. The number of fused-ring (bicyclic) bond motifs is 2. The summed E-state index contributed by atoms with van der Waals surface area (Å²) in [6.45, 7) is 1.75. The predicted octanol–water partition coefficient (Wildman–Crippen LogP) is 4.74. The second-order valence-electron chi connectivity index (χ2n) is 6.10. The molecule has 0 amide bonds. The van der Waals surface area contributed by atoms with E-state index in [1.807, 2.05) is 0 Å². The zero-order chi connectivity index (χ0) is 19.9. The molecule has 2 aromatic heterocycles. The molecule has 1 atom stereocenters. The Morgan fingerprint density at radius 1 is 0.929 bits per heavy atom. The molecule has 0 aliphatic rings.